The Balaban J connectivity index is 2.52. The highest BCUT2D eigenvalue weighted by Crippen LogP contribution is 2.23. The number of hydrogen-bond acceptors (Lipinski definition) is 4. The van der Waals surface area contributed by atoms with E-state index in [2.05, 4.69) is 4.98 Å². The number of hydrogen-bond donors (Lipinski definition) is 1. The van der Waals surface area contributed by atoms with Gasteiger partial charge < -0.3 is 5.11 Å². The lowest BCUT2D eigenvalue weighted by molar-refractivity contribution is -0.385. The van der Waals surface area contributed by atoms with E-state index in [1.165, 1.54) is 6.07 Å². The molecule has 0 saturated carbocycles. The number of rotatable bonds is 4. The average molecular weight is 258 g/mol. The first-order chi connectivity index (χ1) is 9.09. The third kappa shape index (κ3) is 2.74. The highest BCUT2D eigenvalue weighted by Gasteiger charge is 2.22. The molecule has 0 atom stereocenters. The monoisotopic (exact) mass is 258 g/mol. The van der Waals surface area contributed by atoms with E-state index in [0.717, 1.165) is 11.8 Å². The maximum atomic E-state index is 11.1. The van der Waals surface area contributed by atoms with Crippen LogP contribution < -0.4 is 0 Å². The Bertz CT molecular complexity index is 594. The molecule has 6 nitrogen and oxygen atoms in total. The van der Waals surface area contributed by atoms with E-state index >= 15 is 0 Å². The standard InChI is InChI=1S/C13H10N2O4/c16-13(17)12-10(8-9-4-2-1-3-5-9)11(15(18)19)6-7-14-12/h1-7H,8H2,(H,16,17). The Morgan fingerprint density at radius 3 is 2.53 bits per heavy atom. The summed E-state index contributed by atoms with van der Waals surface area (Å²) in [4.78, 5) is 25.2. The molecule has 0 aliphatic rings. The quantitative estimate of drug-likeness (QED) is 0.670. The van der Waals surface area contributed by atoms with Gasteiger partial charge in [0.15, 0.2) is 5.69 Å². The fourth-order valence-corrected chi connectivity index (χ4v) is 1.81. The highest BCUT2D eigenvalue weighted by atomic mass is 16.6. The fourth-order valence-electron chi connectivity index (χ4n) is 1.81. The molecule has 2 rings (SSSR count). The molecule has 0 unspecified atom stereocenters. The van der Waals surface area contributed by atoms with E-state index in [-0.39, 0.29) is 23.4 Å². The van der Waals surface area contributed by atoms with Gasteiger partial charge in [0, 0.05) is 18.7 Å². The number of carbonyl (C=O) groups is 1. The molecule has 1 N–H and O–H groups in total. The highest BCUT2D eigenvalue weighted by molar-refractivity contribution is 5.88. The van der Waals surface area contributed by atoms with Crippen molar-refractivity contribution < 1.29 is 14.8 Å². The maximum Gasteiger partial charge on any atom is 0.355 e. The molecule has 0 aliphatic carbocycles. The van der Waals surface area contributed by atoms with Gasteiger partial charge in [-0.15, -0.1) is 0 Å². The van der Waals surface area contributed by atoms with Crippen LogP contribution in [0.25, 0.3) is 0 Å². The zero-order chi connectivity index (χ0) is 13.8. The van der Waals surface area contributed by atoms with Crippen molar-refractivity contribution in [1.29, 1.82) is 0 Å². The van der Waals surface area contributed by atoms with Crippen molar-refractivity contribution in [3.63, 3.8) is 0 Å². The summed E-state index contributed by atoms with van der Waals surface area (Å²) in [7, 11) is 0. The number of nitro groups is 1. The molecular weight excluding hydrogens is 248 g/mol. The van der Waals surface area contributed by atoms with Gasteiger partial charge in [-0.1, -0.05) is 30.3 Å². The fraction of sp³-hybridized carbons (Fsp3) is 0.0769. The predicted molar refractivity (Wildman–Crippen MR) is 67.1 cm³/mol. The van der Waals surface area contributed by atoms with Crippen LogP contribution in [-0.4, -0.2) is 21.0 Å². The maximum absolute atomic E-state index is 11.1. The lowest BCUT2D eigenvalue weighted by Gasteiger charge is -2.06. The Labute approximate surface area is 108 Å². The predicted octanol–water partition coefficient (Wildman–Crippen LogP) is 2.28. The van der Waals surface area contributed by atoms with Crippen molar-refractivity contribution in [3.05, 3.63) is 69.5 Å². The number of nitrogens with zero attached hydrogens (tertiary/aromatic N) is 2. The van der Waals surface area contributed by atoms with Crippen molar-refractivity contribution in [2.24, 2.45) is 0 Å². The molecule has 0 fully saturated rings. The van der Waals surface area contributed by atoms with E-state index in [1.54, 1.807) is 24.3 Å². The normalized spacial score (nSPS) is 10.1. The summed E-state index contributed by atoms with van der Waals surface area (Å²) in [5.74, 6) is -1.27. The van der Waals surface area contributed by atoms with E-state index in [0.29, 0.717) is 0 Å². The average Bonchev–Trinajstić information content (AvgIpc) is 2.39. The summed E-state index contributed by atoms with van der Waals surface area (Å²) in [6.07, 6.45) is 1.29. The molecule has 0 spiro atoms. The third-order valence-electron chi connectivity index (χ3n) is 2.65. The zero-order valence-electron chi connectivity index (χ0n) is 9.81. The number of aromatic carboxylic acids is 1. The van der Waals surface area contributed by atoms with Gasteiger partial charge in [-0.3, -0.25) is 10.1 Å². The van der Waals surface area contributed by atoms with Crippen LogP contribution in [0.2, 0.25) is 0 Å². The second kappa shape index (κ2) is 5.26. The van der Waals surface area contributed by atoms with Crippen molar-refractivity contribution in [3.8, 4) is 0 Å². The van der Waals surface area contributed by atoms with Crippen LogP contribution in [0.1, 0.15) is 21.6 Å². The second-order valence-corrected chi connectivity index (χ2v) is 3.88. The third-order valence-corrected chi connectivity index (χ3v) is 2.65. The smallest absolute Gasteiger partial charge is 0.355 e. The van der Waals surface area contributed by atoms with Gasteiger partial charge in [0.05, 0.1) is 10.5 Å². The summed E-state index contributed by atoms with van der Waals surface area (Å²) >= 11 is 0. The number of carboxylic acid groups (broad SMARTS) is 1. The van der Waals surface area contributed by atoms with Crippen molar-refractivity contribution in [1.82, 2.24) is 4.98 Å². The Hall–Kier alpha value is -2.76. The van der Waals surface area contributed by atoms with Crippen LogP contribution in [-0.2, 0) is 6.42 Å². The largest absolute Gasteiger partial charge is 0.476 e. The summed E-state index contributed by atoms with van der Waals surface area (Å²) < 4.78 is 0. The minimum atomic E-state index is -1.27. The minimum Gasteiger partial charge on any atom is -0.476 e. The number of pyridine rings is 1. The van der Waals surface area contributed by atoms with E-state index < -0.39 is 10.9 Å². The van der Waals surface area contributed by atoms with Gasteiger partial charge >= 0.3 is 5.97 Å². The molecule has 1 heterocycles. The molecule has 0 aliphatic heterocycles. The molecule has 0 amide bonds. The van der Waals surface area contributed by atoms with Gasteiger partial charge in [0.1, 0.15) is 0 Å². The van der Waals surface area contributed by atoms with Crippen LogP contribution in [0, 0.1) is 10.1 Å². The Morgan fingerprint density at radius 1 is 1.26 bits per heavy atom. The minimum absolute atomic E-state index is 0.117. The molecule has 96 valence electrons. The van der Waals surface area contributed by atoms with Gasteiger partial charge in [0.25, 0.3) is 5.69 Å². The zero-order valence-corrected chi connectivity index (χ0v) is 9.81. The Morgan fingerprint density at radius 2 is 1.95 bits per heavy atom. The molecule has 1 aromatic carbocycles. The van der Waals surface area contributed by atoms with Gasteiger partial charge in [-0.05, 0) is 5.56 Å². The van der Waals surface area contributed by atoms with Gasteiger partial charge in [-0.25, -0.2) is 9.78 Å². The van der Waals surface area contributed by atoms with Crippen molar-refractivity contribution >= 4 is 11.7 Å². The SMILES string of the molecule is O=C(O)c1nccc([N+](=O)[O-])c1Cc1ccccc1. The summed E-state index contributed by atoms with van der Waals surface area (Å²) in [5.41, 5.74) is 0.404. The van der Waals surface area contributed by atoms with Crippen LogP contribution in [0.4, 0.5) is 5.69 Å². The summed E-state index contributed by atoms with van der Waals surface area (Å²) in [6, 6.07) is 10.2. The Kier molecular flexibility index (Phi) is 3.51. The lowest BCUT2D eigenvalue weighted by Crippen LogP contribution is -2.09. The van der Waals surface area contributed by atoms with E-state index in [9.17, 15) is 14.9 Å². The molecule has 2 aromatic rings. The second-order valence-electron chi connectivity index (χ2n) is 3.88. The van der Waals surface area contributed by atoms with Crippen molar-refractivity contribution in [2.75, 3.05) is 0 Å². The first-order valence-electron chi connectivity index (χ1n) is 5.49. The lowest BCUT2D eigenvalue weighted by atomic mass is 10.0. The molecule has 0 saturated heterocycles. The van der Waals surface area contributed by atoms with Crippen LogP contribution in [0.3, 0.4) is 0 Å². The van der Waals surface area contributed by atoms with Crippen LogP contribution in [0.15, 0.2) is 42.6 Å². The van der Waals surface area contributed by atoms with Crippen molar-refractivity contribution in [2.45, 2.75) is 6.42 Å². The molecule has 0 radical (unpaired) electrons. The first kappa shape index (κ1) is 12.7. The van der Waals surface area contributed by atoms with Crippen LogP contribution in [0.5, 0.6) is 0 Å². The topological polar surface area (TPSA) is 93.3 Å². The first-order valence-corrected chi connectivity index (χ1v) is 5.49. The summed E-state index contributed by atoms with van der Waals surface area (Å²) in [6.45, 7) is 0. The van der Waals surface area contributed by atoms with Crippen LogP contribution >= 0.6 is 0 Å². The number of aromatic nitrogens is 1. The van der Waals surface area contributed by atoms with E-state index in [1.807, 2.05) is 6.07 Å². The molecule has 19 heavy (non-hydrogen) atoms. The van der Waals surface area contributed by atoms with Gasteiger partial charge in [0.2, 0.25) is 0 Å². The summed E-state index contributed by atoms with van der Waals surface area (Å²) in [5, 5.41) is 20.0. The van der Waals surface area contributed by atoms with Gasteiger partial charge in [-0.2, -0.15) is 0 Å². The molecule has 1 aromatic heterocycles. The number of carboxylic acids is 1. The van der Waals surface area contributed by atoms with E-state index in [4.69, 9.17) is 5.11 Å². The molecular formula is C13H10N2O4. The molecule has 0 bridgehead atoms. The molecule has 6 heteroatoms. The number of benzene rings is 1.